The third-order valence-corrected chi connectivity index (χ3v) is 2.75. The Hall–Kier alpha value is -0.940. The SMILES string of the molecule is O=c1ccc(-c2cc(Br)cc(Br)c2)n[nH]1. The van der Waals surface area contributed by atoms with E-state index in [-0.39, 0.29) is 5.56 Å². The van der Waals surface area contributed by atoms with Gasteiger partial charge in [0.1, 0.15) is 0 Å². The molecular formula is C10H6Br2N2O. The zero-order valence-corrected chi connectivity index (χ0v) is 10.7. The monoisotopic (exact) mass is 328 g/mol. The molecule has 15 heavy (non-hydrogen) atoms. The van der Waals surface area contributed by atoms with Crippen LogP contribution in [-0.4, -0.2) is 10.2 Å². The first kappa shape index (κ1) is 10.6. The topological polar surface area (TPSA) is 45.8 Å². The summed E-state index contributed by atoms with van der Waals surface area (Å²) < 4.78 is 1.92. The number of nitrogens with zero attached hydrogens (tertiary/aromatic N) is 1. The van der Waals surface area contributed by atoms with Gasteiger partial charge >= 0.3 is 0 Å². The molecule has 0 spiro atoms. The summed E-state index contributed by atoms with van der Waals surface area (Å²) in [4.78, 5) is 10.9. The van der Waals surface area contributed by atoms with E-state index in [2.05, 4.69) is 42.1 Å². The van der Waals surface area contributed by atoms with Gasteiger partial charge in [-0.15, -0.1) is 0 Å². The zero-order valence-electron chi connectivity index (χ0n) is 7.50. The summed E-state index contributed by atoms with van der Waals surface area (Å²) in [5.74, 6) is 0. The molecule has 1 aromatic heterocycles. The standard InChI is InChI=1S/C10H6Br2N2O/c11-7-3-6(4-8(12)5-7)9-1-2-10(15)14-13-9/h1-5H,(H,14,15). The van der Waals surface area contributed by atoms with Crippen LogP contribution in [0, 0.1) is 0 Å². The van der Waals surface area contributed by atoms with Crippen molar-refractivity contribution in [2.24, 2.45) is 0 Å². The van der Waals surface area contributed by atoms with Gasteiger partial charge in [-0.25, -0.2) is 5.10 Å². The van der Waals surface area contributed by atoms with Crippen LogP contribution in [0.5, 0.6) is 0 Å². The minimum absolute atomic E-state index is 0.201. The van der Waals surface area contributed by atoms with Crippen LogP contribution in [0.1, 0.15) is 0 Å². The van der Waals surface area contributed by atoms with Crippen molar-refractivity contribution in [3.8, 4) is 11.3 Å². The molecule has 1 N–H and O–H groups in total. The number of nitrogens with one attached hydrogen (secondary N) is 1. The largest absolute Gasteiger partial charge is 0.268 e. The van der Waals surface area contributed by atoms with Crippen molar-refractivity contribution in [2.75, 3.05) is 0 Å². The quantitative estimate of drug-likeness (QED) is 0.874. The summed E-state index contributed by atoms with van der Waals surface area (Å²) >= 11 is 6.79. The molecule has 5 heteroatoms. The van der Waals surface area contributed by atoms with Gasteiger partial charge in [-0.1, -0.05) is 31.9 Å². The molecule has 0 fully saturated rings. The molecule has 0 aliphatic heterocycles. The minimum Gasteiger partial charge on any atom is -0.268 e. The van der Waals surface area contributed by atoms with E-state index < -0.39 is 0 Å². The van der Waals surface area contributed by atoms with E-state index in [0.29, 0.717) is 0 Å². The van der Waals surface area contributed by atoms with Crippen molar-refractivity contribution in [3.05, 3.63) is 49.6 Å². The van der Waals surface area contributed by atoms with Crippen molar-refractivity contribution in [3.63, 3.8) is 0 Å². The molecule has 0 unspecified atom stereocenters. The maximum absolute atomic E-state index is 10.9. The van der Waals surface area contributed by atoms with Crippen LogP contribution in [0.3, 0.4) is 0 Å². The zero-order chi connectivity index (χ0) is 10.8. The van der Waals surface area contributed by atoms with Crippen molar-refractivity contribution < 1.29 is 0 Å². The van der Waals surface area contributed by atoms with Crippen LogP contribution in [0.15, 0.2) is 44.1 Å². The van der Waals surface area contributed by atoms with Crippen LogP contribution < -0.4 is 5.56 Å². The second-order valence-electron chi connectivity index (χ2n) is 2.96. The number of hydrogen-bond acceptors (Lipinski definition) is 2. The average molecular weight is 330 g/mol. The van der Waals surface area contributed by atoms with E-state index in [0.717, 1.165) is 20.2 Å². The van der Waals surface area contributed by atoms with Gasteiger partial charge in [0.15, 0.2) is 0 Å². The number of benzene rings is 1. The second-order valence-corrected chi connectivity index (χ2v) is 4.80. The summed E-state index contributed by atoms with van der Waals surface area (Å²) in [6.45, 7) is 0. The number of hydrogen-bond donors (Lipinski definition) is 1. The van der Waals surface area contributed by atoms with Gasteiger partial charge in [0.25, 0.3) is 5.56 Å². The minimum atomic E-state index is -0.201. The van der Waals surface area contributed by atoms with Crippen molar-refractivity contribution >= 4 is 31.9 Å². The van der Waals surface area contributed by atoms with E-state index in [1.54, 1.807) is 6.07 Å². The van der Waals surface area contributed by atoms with Crippen molar-refractivity contribution in [1.82, 2.24) is 10.2 Å². The third kappa shape index (κ3) is 2.54. The normalized spacial score (nSPS) is 10.3. The van der Waals surface area contributed by atoms with Gasteiger partial charge in [0.2, 0.25) is 0 Å². The Morgan fingerprint density at radius 2 is 1.73 bits per heavy atom. The van der Waals surface area contributed by atoms with Crippen LogP contribution in [0.25, 0.3) is 11.3 Å². The number of aromatic amines is 1. The Balaban J connectivity index is 2.53. The van der Waals surface area contributed by atoms with Gasteiger partial charge in [-0.05, 0) is 24.3 Å². The van der Waals surface area contributed by atoms with Crippen molar-refractivity contribution in [1.29, 1.82) is 0 Å². The fourth-order valence-corrected chi connectivity index (χ4v) is 2.50. The average Bonchev–Trinajstić information content (AvgIpc) is 2.17. The highest BCUT2D eigenvalue weighted by Crippen LogP contribution is 2.25. The first-order valence-electron chi connectivity index (χ1n) is 4.17. The number of halogens is 2. The summed E-state index contributed by atoms with van der Waals surface area (Å²) in [6, 6.07) is 8.95. The lowest BCUT2D eigenvalue weighted by molar-refractivity contribution is 0.995. The van der Waals surface area contributed by atoms with Crippen LogP contribution >= 0.6 is 31.9 Å². The molecule has 2 rings (SSSR count). The molecule has 0 bridgehead atoms. The summed E-state index contributed by atoms with van der Waals surface area (Å²) in [7, 11) is 0. The lowest BCUT2D eigenvalue weighted by Gasteiger charge is -2.01. The lowest BCUT2D eigenvalue weighted by atomic mass is 10.1. The molecule has 3 nitrogen and oxygen atoms in total. The van der Waals surface area contributed by atoms with E-state index >= 15 is 0 Å². The fourth-order valence-electron chi connectivity index (χ4n) is 1.21. The number of rotatable bonds is 1. The van der Waals surface area contributed by atoms with Gasteiger partial charge in [-0.3, -0.25) is 4.79 Å². The summed E-state index contributed by atoms with van der Waals surface area (Å²) in [5, 5.41) is 6.35. The van der Waals surface area contributed by atoms with Gasteiger partial charge < -0.3 is 0 Å². The molecule has 0 radical (unpaired) electrons. The first-order chi connectivity index (χ1) is 7.15. The predicted octanol–water partition coefficient (Wildman–Crippen LogP) is 2.96. The Bertz CT molecular complexity index is 511. The third-order valence-electron chi connectivity index (χ3n) is 1.84. The fraction of sp³-hybridized carbons (Fsp3) is 0. The highest BCUT2D eigenvalue weighted by molar-refractivity contribution is 9.11. The molecule has 1 heterocycles. The molecular weight excluding hydrogens is 324 g/mol. The van der Waals surface area contributed by atoms with E-state index in [1.807, 2.05) is 18.2 Å². The summed E-state index contributed by atoms with van der Waals surface area (Å²) in [5.41, 5.74) is 1.47. The molecule has 2 aromatic rings. The number of H-pyrrole nitrogens is 1. The Morgan fingerprint density at radius 1 is 1.07 bits per heavy atom. The lowest BCUT2D eigenvalue weighted by Crippen LogP contribution is -2.05. The maximum Gasteiger partial charge on any atom is 0.264 e. The maximum atomic E-state index is 10.9. The highest BCUT2D eigenvalue weighted by Gasteiger charge is 2.02. The second kappa shape index (κ2) is 4.28. The molecule has 0 aliphatic carbocycles. The Morgan fingerprint density at radius 3 is 2.27 bits per heavy atom. The van der Waals surface area contributed by atoms with E-state index in [1.165, 1.54) is 6.07 Å². The van der Waals surface area contributed by atoms with Crippen LogP contribution in [-0.2, 0) is 0 Å². The van der Waals surface area contributed by atoms with Crippen molar-refractivity contribution in [2.45, 2.75) is 0 Å². The Labute approximate surface area is 103 Å². The van der Waals surface area contributed by atoms with E-state index in [4.69, 9.17) is 0 Å². The van der Waals surface area contributed by atoms with Gasteiger partial charge in [0, 0.05) is 20.6 Å². The molecule has 0 saturated heterocycles. The van der Waals surface area contributed by atoms with Crippen LogP contribution in [0.2, 0.25) is 0 Å². The van der Waals surface area contributed by atoms with Gasteiger partial charge in [-0.2, -0.15) is 5.10 Å². The molecule has 0 atom stereocenters. The van der Waals surface area contributed by atoms with E-state index in [9.17, 15) is 4.79 Å². The molecule has 0 amide bonds. The smallest absolute Gasteiger partial charge is 0.264 e. The molecule has 0 saturated carbocycles. The first-order valence-corrected chi connectivity index (χ1v) is 5.76. The molecule has 1 aromatic carbocycles. The van der Waals surface area contributed by atoms with Gasteiger partial charge in [0.05, 0.1) is 5.69 Å². The van der Waals surface area contributed by atoms with Crippen LogP contribution in [0.4, 0.5) is 0 Å². The molecule has 0 aliphatic rings. The molecule has 76 valence electrons. The Kier molecular flexibility index (Phi) is 3.02. The summed E-state index contributed by atoms with van der Waals surface area (Å²) in [6.07, 6.45) is 0. The number of aromatic nitrogens is 2. The highest BCUT2D eigenvalue weighted by atomic mass is 79.9. The predicted molar refractivity (Wildman–Crippen MR) is 65.7 cm³/mol.